The van der Waals surface area contributed by atoms with E-state index in [1.165, 1.54) is 27.8 Å². The van der Waals surface area contributed by atoms with Gasteiger partial charge >= 0.3 is 0 Å². The van der Waals surface area contributed by atoms with E-state index in [9.17, 15) is 0 Å². The Morgan fingerprint density at radius 2 is 1.38 bits per heavy atom. The third kappa shape index (κ3) is 2.07. The zero-order valence-electron chi connectivity index (χ0n) is 13.5. The third-order valence-electron chi connectivity index (χ3n) is 5.15. The number of ether oxygens (including phenoxy) is 1. The van der Waals surface area contributed by atoms with Crippen LogP contribution in [0.2, 0.25) is 0 Å². The average Bonchev–Trinajstić information content (AvgIpc) is 2.81. The molecule has 1 heterocycles. The van der Waals surface area contributed by atoms with Gasteiger partial charge in [-0.1, -0.05) is 66.7 Å². The summed E-state index contributed by atoms with van der Waals surface area (Å²) in [5, 5.41) is 0. The fourth-order valence-corrected chi connectivity index (χ4v) is 4.09. The van der Waals surface area contributed by atoms with Crippen molar-refractivity contribution >= 4 is 0 Å². The lowest BCUT2D eigenvalue weighted by Gasteiger charge is -2.28. The van der Waals surface area contributed by atoms with E-state index in [2.05, 4.69) is 77.7 Å². The first-order chi connectivity index (χ1) is 11.9. The Kier molecular flexibility index (Phi) is 3.17. The third-order valence-corrected chi connectivity index (χ3v) is 5.15. The van der Waals surface area contributed by atoms with Crippen molar-refractivity contribution in [2.45, 2.75) is 12.6 Å². The van der Waals surface area contributed by atoms with E-state index in [0.29, 0.717) is 6.04 Å². The van der Waals surface area contributed by atoms with Gasteiger partial charge in [0.25, 0.3) is 0 Å². The summed E-state index contributed by atoms with van der Waals surface area (Å²) in [5.41, 5.74) is 6.85. The second-order valence-corrected chi connectivity index (χ2v) is 6.50. The monoisotopic (exact) mass is 313 g/mol. The van der Waals surface area contributed by atoms with Crippen molar-refractivity contribution in [3.63, 3.8) is 0 Å². The molecule has 3 aromatic carbocycles. The molecule has 1 aliphatic carbocycles. The van der Waals surface area contributed by atoms with Gasteiger partial charge in [0.15, 0.2) is 0 Å². The Hall–Kier alpha value is -2.58. The molecular weight excluding hydrogens is 294 g/mol. The van der Waals surface area contributed by atoms with Crippen molar-refractivity contribution in [1.82, 2.24) is 4.90 Å². The summed E-state index contributed by atoms with van der Waals surface area (Å²) >= 11 is 0. The molecule has 1 aliphatic heterocycles. The number of fused-ring (bicyclic) bond motifs is 4. The van der Waals surface area contributed by atoms with E-state index in [1.807, 2.05) is 0 Å². The van der Waals surface area contributed by atoms with Gasteiger partial charge in [0, 0.05) is 18.7 Å². The van der Waals surface area contributed by atoms with Crippen LogP contribution >= 0.6 is 0 Å². The number of para-hydroxylation sites is 1. The maximum atomic E-state index is 5.97. The lowest BCUT2D eigenvalue weighted by atomic mass is 10.0. The summed E-state index contributed by atoms with van der Waals surface area (Å²) in [7, 11) is 0. The van der Waals surface area contributed by atoms with Crippen LogP contribution in [0.1, 0.15) is 22.7 Å². The molecule has 24 heavy (non-hydrogen) atoms. The van der Waals surface area contributed by atoms with E-state index >= 15 is 0 Å². The van der Waals surface area contributed by atoms with Crippen molar-refractivity contribution in [3.8, 4) is 16.9 Å². The second kappa shape index (κ2) is 5.50. The standard InChI is InChI=1S/C22H19NO/c1-6-12-21-16(7-1)15-23(13-14-24-21)22-19-10-4-2-8-17(19)18-9-3-5-11-20(18)22/h1-12,22H,13-15H2. The quantitative estimate of drug-likeness (QED) is 0.648. The highest BCUT2D eigenvalue weighted by Gasteiger charge is 2.33. The maximum Gasteiger partial charge on any atom is 0.123 e. The van der Waals surface area contributed by atoms with Gasteiger partial charge < -0.3 is 4.74 Å². The average molecular weight is 313 g/mol. The molecule has 0 amide bonds. The fraction of sp³-hybridized carbons (Fsp3) is 0.182. The van der Waals surface area contributed by atoms with Crippen LogP contribution in [0.4, 0.5) is 0 Å². The molecular formula is C22H19NO. The summed E-state index contributed by atoms with van der Waals surface area (Å²) in [6, 6.07) is 26.3. The van der Waals surface area contributed by atoms with E-state index in [0.717, 1.165) is 25.4 Å². The highest BCUT2D eigenvalue weighted by Crippen LogP contribution is 2.47. The van der Waals surface area contributed by atoms with Gasteiger partial charge in [-0.3, -0.25) is 4.90 Å². The maximum absolute atomic E-state index is 5.97. The summed E-state index contributed by atoms with van der Waals surface area (Å²) in [4.78, 5) is 2.55. The molecule has 0 aromatic heterocycles. The van der Waals surface area contributed by atoms with E-state index in [-0.39, 0.29) is 0 Å². The summed E-state index contributed by atoms with van der Waals surface area (Å²) < 4.78 is 5.97. The molecule has 0 atom stereocenters. The fourth-order valence-electron chi connectivity index (χ4n) is 4.09. The van der Waals surface area contributed by atoms with Gasteiger partial charge in [0.2, 0.25) is 0 Å². The van der Waals surface area contributed by atoms with Crippen molar-refractivity contribution < 1.29 is 4.74 Å². The molecule has 118 valence electrons. The van der Waals surface area contributed by atoms with Gasteiger partial charge in [-0.2, -0.15) is 0 Å². The summed E-state index contributed by atoms with van der Waals surface area (Å²) in [6.45, 7) is 2.59. The van der Waals surface area contributed by atoms with Gasteiger partial charge in [0.05, 0.1) is 6.04 Å². The van der Waals surface area contributed by atoms with E-state index in [4.69, 9.17) is 4.74 Å². The second-order valence-electron chi connectivity index (χ2n) is 6.50. The minimum absolute atomic E-state index is 0.312. The van der Waals surface area contributed by atoms with Gasteiger partial charge in [0.1, 0.15) is 12.4 Å². The van der Waals surface area contributed by atoms with Crippen LogP contribution in [0.3, 0.4) is 0 Å². The van der Waals surface area contributed by atoms with Crippen molar-refractivity contribution in [2.24, 2.45) is 0 Å². The normalized spacial score (nSPS) is 16.7. The molecule has 2 heteroatoms. The number of benzene rings is 3. The van der Waals surface area contributed by atoms with Crippen molar-refractivity contribution in [2.75, 3.05) is 13.2 Å². The molecule has 0 unspecified atom stereocenters. The number of hydrogen-bond acceptors (Lipinski definition) is 2. The van der Waals surface area contributed by atoms with Crippen LogP contribution in [0.5, 0.6) is 5.75 Å². The van der Waals surface area contributed by atoms with Crippen molar-refractivity contribution in [3.05, 3.63) is 89.5 Å². The highest BCUT2D eigenvalue weighted by molar-refractivity contribution is 5.78. The first-order valence-electron chi connectivity index (χ1n) is 8.55. The Balaban J connectivity index is 1.62. The highest BCUT2D eigenvalue weighted by atomic mass is 16.5. The van der Waals surface area contributed by atoms with Crippen LogP contribution in [-0.2, 0) is 6.54 Å². The molecule has 5 rings (SSSR count). The molecule has 3 aromatic rings. The smallest absolute Gasteiger partial charge is 0.123 e. The Morgan fingerprint density at radius 3 is 2.12 bits per heavy atom. The zero-order chi connectivity index (χ0) is 15.9. The molecule has 2 nitrogen and oxygen atoms in total. The molecule has 2 aliphatic rings. The molecule has 0 fully saturated rings. The first kappa shape index (κ1) is 13.8. The van der Waals surface area contributed by atoms with Crippen LogP contribution < -0.4 is 4.74 Å². The zero-order valence-corrected chi connectivity index (χ0v) is 13.5. The number of nitrogens with zero attached hydrogens (tertiary/aromatic N) is 1. The SMILES string of the molecule is c1ccc2c(c1)CN(C1c3ccccc3-c3ccccc31)CCO2. The van der Waals surface area contributed by atoms with Crippen LogP contribution in [0.15, 0.2) is 72.8 Å². The molecule has 0 bridgehead atoms. The lowest BCUT2D eigenvalue weighted by Crippen LogP contribution is -2.30. The summed E-state index contributed by atoms with van der Waals surface area (Å²) in [6.07, 6.45) is 0. The predicted octanol–water partition coefficient (Wildman–Crippen LogP) is 4.65. The Bertz CT molecular complexity index is 856. The van der Waals surface area contributed by atoms with Crippen molar-refractivity contribution in [1.29, 1.82) is 0 Å². The topological polar surface area (TPSA) is 12.5 Å². The first-order valence-corrected chi connectivity index (χ1v) is 8.55. The number of rotatable bonds is 1. The van der Waals surface area contributed by atoms with Crippen LogP contribution in [-0.4, -0.2) is 18.1 Å². The minimum Gasteiger partial charge on any atom is -0.492 e. The Labute approximate surface area is 142 Å². The van der Waals surface area contributed by atoms with E-state index in [1.54, 1.807) is 0 Å². The summed E-state index contributed by atoms with van der Waals surface area (Å²) in [5.74, 6) is 1.03. The van der Waals surface area contributed by atoms with Crippen LogP contribution in [0, 0.1) is 0 Å². The molecule has 0 saturated carbocycles. The van der Waals surface area contributed by atoms with Gasteiger partial charge in [-0.25, -0.2) is 0 Å². The molecule has 0 spiro atoms. The molecule has 0 saturated heterocycles. The minimum atomic E-state index is 0.312. The van der Waals surface area contributed by atoms with E-state index < -0.39 is 0 Å². The Morgan fingerprint density at radius 1 is 0.750 bits per heavy atom. The lowest BCUT2D eigenvalue weighted by molar-refractivity contribution is 0.193. The molecule has 0 N–H and O–H groups in total. The number of hydrogen-bond donors (Lipinski definition) is 0. The molecule has 0 radical (unpaired) electrons. The van der Waals surface area contributed by atoms with Gasteiger partial charge in [-0.05, 0) is 28.3 Å². The largest absolute Gasteiger partial charge is 0.492 e. The van der Waals surface area contributed by atoms with Gasteiger partial charge in [-0.15, -0.1) is 0 Å². The van der Waals surface area contributed by atoms with Crippen LogP contribution in [0.25, 0.3) is 11.1 Å². The predicted molar refractivity (Wildman–Crippen MR) is 96.1 cm³/mol.